The highest BCUT2D eigenvalue weighted by atomic mass is 16.5. The van der Waals surface area contributed by atoms with Gasteiger partial charge in [0.1, 0.15) is 0 Å². The maximum Gasteiger partial charge on any atom is 0.257 e. The molecule has 1 aliphatic heterocycles. The number of nitrogens with one attached hydrogen (secondary N) is 1. The number of pyridine rings is 1. The minimum absolute atomic E-state index is 0.0890. The summed E-state index contributed by atoms with van der Waals surface area (Å²) < 4.78 is 11.8. The zero-order chi connectivity index (χ0) is 26.3. The Balaban J connectivity index is 1.27. The molecule has 2 aliphatic rings. The van der Waals surface area contributed by atoms with Crippen LogP contribution in [0.15, 0.2) is 72.1 Å². The normalized spacial score (nSPS) is 15.6. The van der Waals surface area contributed by atoms with Crippen LogP contribution in [0.1, 0.15) is 60.0 Å². The summed E-state index contributed by atoms with van der Waals surface area (Å²) in [7, 11) is 1.65. The molecule has 1 N–H and O–H groups in total. The van der Waals surface area contributed by atoms with Crippen molar-refractivity contribution in [3.63, 3.8) is 0 Å². The van der Waals surface area contributed by atoms with E-state index in [-0.39, 0.29) is 24.3 Å². The van der Waals surface area contributed by atoms with Crippen LogP contribution in [0.2, 0.25) is 0 Å². The largest absolute Gasteiger partial charge is 0.493 e. The third-order valence-electron chi connectivity index (χ3n) is 6.87. The van der Waals surface area contributed by atoms with Crippen molar-refractivity contribution in [1.29, 1.82) is 0 Å². The van der Waals surface area contributed by atoms with Gasteiger partial charge in [0.15, 0.2) is 11.5 Å². The number of nitrogens with zero attached hydrogens (tertiary/aromatic N) is 3. The first-order chi connectivity index (χ1) is 18.6. The lowest BCUT2D eigenvalue weighted by molar-refractivity contribution is -0.130. The van der Waals surface area contributed by atoms with Crippen LogP contribution in [-0.4, -0.2) is 47.3 Å². The summed E-state index contributed by atoms with van der Waals surface area (Å²) in [5, 5.41) is 9.14. The highest BCUT2D eigenvalue weighted by Crippen LogP contribution is 2.33. The Hall–Kier alpha value is -4.20. The van der Waals surface area contributed by atoms with Gasteiger partial charge in [-0.3, -0.25) is 14.6 Å². The summed E-state index contributed by atoms with van der Waals surface area (Å²) in [4.78, 5) is 29.6. The number of amides is 2. The minimum Gasteiger partial charge on any atom is -0.493 e. The number of carbonyl (C=O) groups is 2. The molecule has 196 valence electrons. The molecule has 3 aromatic rings. The molecule has 2 aromatic carbocycles. The standard InChI is InChI=1S/C30H32N4O4/c1-37-27-14-13-22(19-28(27)38-25-10-2-3-11-25)26-12-6-16-34(33-26)29(35)18-21-7-4-9-24(17-21)32-30(36)23-8-5-15-31-20-23/h4-5,7-9,13-15,17,19-20,25H,2-3,6,10-12,16,18H2,1H3,(H,32,36). The number of ether oxygens (including phenoxy) is 2. The molecule has 1 aliphatic carbocycles. The first-order valence-corrected chi connectivity index (χ1v) is 13.1. The van der Waals surface area contributed by atoms with Crippen molar-refractivity contribution < 1.29 is 19.1 Å². The summed E-state index contributed by atoms with van der Waals surface area (Å²) in [5.74, 6) is 1.10. The van der Waals surface area contributed by atoms with E-state index in [2.05, 4.69) is 10.3 Å². The van der Waals surface area contributed by atoms with E-state index >= 15 is 0 Å². The van der Waals surface area contributed by atoms with Crippen LogP contribution >= 0.6 is 0 Å². The monoisotopic (exact) mass is 512 g/mol. The minimum atomic E-state index is -0.248. The van der Waals surface area contributed by atoms with Gasteiger partial charge in [0.25, 0.3) is 5.91 Å². The van der Waals surface area contributed by atoms with Crippen molar-refractivity contribution in [2.24, 2.45) is 5.10 Å². The molecule has 1 fully saturated rings. The number of aromatic nitrogens is 1. The number of anilines is 1. The number of benzene rings is 2. The van der Waals surface area contributed by atoms with Crippen LogP contribution in [0.4, 0.5) is 5.69 Å². The smallest absolute Gasteiger partial charge is 0.257 e. The van der Waals surface area contributed by atoms with Gasteiger partial charge in [0, 0.05) is 30.2 Å². The zero-order valence-corrected chi connectivity index (χ0v) is 21.6. The molecule has 1 saturated carbocycles. The first-order valence-electron chi connectivity index (χ1n) is 13.1. The van der Waals surface area contributed by atoms with Gasteiger partial charge in [-0.25, -0.2) is 5.01 Å². The second-order valence-corrected chi connectivity index (χ2v) is 9.63. The van der Waals surface area contributed by atoms with E-state index in [1.807, 2.05) is 36.4 Å². The molecule has 0 unspecified atom stereocenters. The van der Waals surface area contributed by atoms with Gasteiger partial charge in [-0.05, 0) is 86.6 Å². The quantitative estimate of drug-likeness (QED) is 0.446. The molecule has 1 aromatic heterocycles. The molecule has 0 saturated heterocycles. The average molecular weight is 513 g/mol. The van der Waals surface area contributed by atoms with E-state index in [1.165, 1.54) is 19.0 Å². The molecule has 8 heteroatoms. The second-order valence-electron chi connectivity index (χ2n) is 9.63. The molecular formula is C30H32N4O4. The molecule has 8 nitrogen and oxygen atoms in total. The summed E-state index contributed by atoms with van der Waals surface area (Å²) in [6, 6.07) is 16.6. The van der Waals surface area contributed by atoms with Gasteiger partial charge in [0.2, 0.25) is 5.91 Å². The topological polar surface area (TPSA) is 93.1 Å². The summed E-state index contributed by atoms with van der Waals surface area (Å²) in [6.07, 6.45) is 9.66. The van der Waals surface area contributed by atoms with Crippen LogP contribution in [0.5, 0.6) is 11.5 Å². The van der Waals surface area contributed by atoms with E-state index < -0.39 is 0 Å². The molecule has 0 radical (unpaired) electrons. The second kappa shape index (κ2) is 11.9. The van der Waals surface area contributed by atoms with Crippen molar-refractivity contribution in [2.45, 2.75) is 51.0 Å². The molecule has 0 atom stereocenters. The fourth-order valence-electron chi connectivity index (χ4n) is 4.88. The van der Waals surface area contributed by atoms with E-state index in [4.69, 9.17) is 14.6 Å². The molecule has 2 heterocycles. The molecular weight excluding hydrogens is 480 g/mol. The lowest BCUT2D eigenvalue weighted by atomic mass is 10.0. The molecule has 2 amide bonds. The number of carbonyl (C=O) groups excluding carboxylic acids is 2. The highest BCUT2D eigenvalue weighted by molar-refractivity contribution is 6.04. The van der Waals surface area contributed by atoms with Gasteiger partial charge < -0.3 is 14.8 Å². The average Bonchev–Trinajstić information content (AvgIpc) is 3.47. The van der Waals surface area contributed by atoms with Crippen LogP contribution in [0, 0.1) is 0 Å². The molecule has 5 rings (SSSR count). The van der Waals surface area contributed by atoms with Gasteiger partial charge in [-0.2, -0.15) is 5.10 Å². The Morgan fingerprint density at radius 3 is 2.68 bits per heavy atom. The zero-order valence-electron chi connectivity index (χ0n) is 21.6. The third-order valence-corrected chi connectivity index (χ3v) is 6.87. The van der Waals surface area contributed by atoms with Crippen molar-refractivity contribution in [1.82, 2.24) is 9.99 Å². The van der Waals surface area contributed by atoms with Crippen molar-refractivity contribution >= 4 is 23.2 Å². The molecule has 38 heavy (non-hydrogen) atoms. The Labute approximate surface area is 222 Å². The van der Waals surface area contributed by atoms with Gasteiger partial charge in [0.05, 0.1) is 30.9 Å². The number of hydrazone groups is 1. The maximum absolute atomic E-state index is 13.2. The maximum atomic E-state index is 13.2. The number of hydrogen-bond donors (Lipinski definition) is 1. The highest BCUT2D eigenvalue weighted by Gasteiger charge is 2.22. The lowest BCUT2D eigenvalue weighted by Gasteiger charge is -2.24. The fraction of sp³-hybridized carbons (Fsp3) is 0.333. The van der Waals surface area contributed by atoms with Crippen LogP contribution in [-0.2, 0) is 11.2 Å². The number of methoxy groups -OCH3 is 1. The summed E-state index contributed by atoms with van der Waals surface area (Å²) >= 11 is 0. The van der Waals surface area contributed by atoms with E-state index in [9.17, 15) is 9.59 Å². The van der Waals surface area contributed by atoms with Crippen molar-refractivity contribution in [3.05, 3.63) is 83.7 Å². The number of hydrogen-bond acceptors (Lipinski definition) is 6. The van der Waals surface area contributed by atoms with Gasteiger partial charge in [-0.1, -0.05) is 12.1 Å². The van der Waals surface area contributed by atoms with Crippen LogP contribution in [0.3, 0.4) is 0 Å². The van der Waals surface area contributed by atoms with E-state index in [0.29, 0.717) is 23.5 Å². The lowest BCUT2D eigenvalue weighted by Crippen LogP contribution is -2.33. The summed E-state index contributed by atoms with van der Waals surface area (Å²) in [5.41, 5.74) is 3.70. The Bertz CT molecular complexity index is 1320. The SMILES string of the molecule is COc1ccc(C2=NN(C(=O)Cc3cccc(NC(=O)c4cccnc4)c3)CCC2)cc1OC1CCCC1. The fourth-order valence-corrected chi connectivity index (χ4v) is 4.88. The van der Waals surface area contributed by atoms with Crippen molar-refractivity contribution in [2.75, 3.05) is 19.0 Å². The molecule has 0 bridgehead atoms. The van der Waals surface area contributed by atoms with Gasteiger partial charge in [-0.15, -0.1) is 0 Å². The summed E-state index contributed by atoms with van der Waals surface area (Å²) in [6.45, 7) is 0.571. The predicted molar refractivity (Wildman–Crippen MR) is 146 cm³/mol. The Morgan fingerprint density at radius 2 is 1.89 bits per heavy atom. The molecule has 0 spiro atoms. The van der Waals surface area contributed by atoms with Crippen LogP contribution < -0.4 is 14.8 Å². The van der Waals surface area contributed by atoms with Gasteiger partial charge >= 0.3 is 0 Å². The first kappa shape index (κ1) is 25.4. The Kier molecular flexibility index (Phi) is 7.97. The number of rotatable bonds is 8. The third kappa shape index (κ3) is 6.19. The van der Waals surface area contributed by atoms with E-state index in [1.54, 1.807) is 36.5 Å². The Morgan fingerprint density at radius 1 is 1.03 bits per heavy atom. The van der Waals surface area contributed by atoms with Crippen LogP contribution in [0.25, 0.3) is 0 Å². The van der Waals surface area contributed by atoms with E-state index in [0.717, 1.165) is 48.3 Å². The predicted octanol–water partition coefficient (Wildman–Crippen LogP) is 5.23. The van der Waals surface area contributed by atoms with Crippen molar-refractivity contribution in [3.8, 4) is 11.5 Å².